The molecule has 6 nitrogen and oxygen atoms in total. The maximum Gasteiger partial charge on any atom is 0.308 e. The molecule has 2 N–H and O–H groups in total. The predicted octanol–water partition coefficient (Wildman–Crippen LogP) is 3.68. The summed E-state index contributed by atoms with van der Waals surface area (Å²) in [6.45, 7) is 4.00. The van der Waals surface area contributed by atoms with Crippen LogP contribution in [0.1, 0.15) is 61.4 Å². The summed E-state index contributed by atoms with van der Waals surface area (Å²) in [6, 6.07) is 16.9. The van der Waals surface area contributed by atoms with Gasteiger partial charge in [-0.15, -0.1) is 0 Å². The second-order valence-electron chi connectivity index (χ2n) is 10.4. The fourth-order valence-corrected chi connectivity index (χ4v) is 6.08. The van der Waals surface area contributed by atoms with Crippen molar-refractivity contribution in [1.29, 1.82) is 0 Å². The van der Waals surface area contributed by atoms with Gasteiger partial charge in [-0.3, -0.25) is 9.59 Å². The zero-order chi connectivity index (χ0) is 23.8. The molecule has 3 fully saturated rings. The van der Waals surface area contributed by atoms with E-state index >= 15 is 0 Å². The first kappa shape index (κ1) is 23.1. The molecule has 2 aliphatic carbocycles. The van der Waals surface area contributed by atoms with Crippen molar-refractivity contribution in [2.24, 2.45) is 5.92 Å². The molecule has 0 aromatic heterocycles. The average molecular weight is 463 g/mol. The van der Waals surface area contributed by atoms with Crippen LogP contribution in [0.4, 0.5) is 0 Å². The number of benzene rings is 2. The first-order valence-electron chi connectivity index (χ1n) is 12.5. The molecule has 1 aliphatic heterocycles. The molecular formula is C28H34N2O4. The molecule has 0 radical (unpaired) electrons. The van der Waals surface area contributed by atoms with Crippen molar-refractivity contribution in [3.63, 3.8) is 0 Å². The van der Waals surface area contributed by atoms with Gasteiger partial charge in [-0.2, -0.15) is 0 Å². The number of carbonyl (C=O) groups is 2. The van der Waals surface area contributed by atoms with E-state index in [1.54, 1.807) is 6.07 Å². The number of aliphatic hydroxyl groups is 1. The quantitative estimate of drug-likeness (QED) is 0.506. The number of nitrogens with one attached hydrogen (secondary N) is 1. The Morgan fingerprint density at radius 3 is 2.62 bits per heavy atom. The fraction of sp³-hybridized carbons (Fsp3) is 0.500. The summed E-state index contributed by atoms with van der Waals surface area (Å²) in [4.78, 5) is 26.9. The van der Waals surface area contributed by atoms with Gasteiger partial charge in [-0.05, 0) is 80.8 Å². The summed E-state index contributed by atoms with van der Waals surface area (Å²) >= 11 is 0. The number of likely N-dealkylation sites (tertiary alicyclic amines) is 1. The molecule has 0 spiro atoms. The van der Waals surface area contributed by atoms with Crippen LogP contribution in [-0.2, 0) is 10.2 Å². The van der Waals surface area contributed by atoms with Gasteiger partial charge in [0.05, 0.1) is 5.60 Å². The number of β-amino-alcohol motifs (C(OH)–C–C–N with tert-alkyl or cyclic N) is 1. The van der Waals surface area contributed by atoms with Gasteiger partial charge < -0.3 is 20.1 Å². The minimum Gasteiger partial charge on any atom is -0.427 e. The Balaban J connectivity index is 1.44. The third-order valence-corrected chi connectivity index (χ3v) is 7.96. The zero-order valence-electron chi connectivity index (χ0n) is 19.8. The van der Waals surface area contributed by atoms with Gasteiger partial charge in [0, 0.05) is 37.0 Å². The molecule has 2 aromatic rings. The van der Waals surface area contributed by atoms with Gasteiger partial charge in [0.15, 0.2) is 0 Å². The smallest absolute Gasteiger partial charge is 0.308 e. The van der Waals surface area contributed by atoms with E-state index in [0.717, 1.165) is 37.4 Å². The topological polar surface area (TPSA) is 78.9 Å². The molecule has 1 heterocycles. The normalized spacial score (nSPS) is 29.2. The molecular weight excluding hydrogens is 428 g/mol. The number of esters is 1. The Morgan fingerprint density at radius 1 is 1.09 bits per heavy atom. The van der Waals surface area contributed by atoms with E-state index in [2.05, 4.69) is 10.2 Å². The number of carbonyl (C=O) groups excluding carboxylic acids is 2. The Hall–Kier alpha value is -2.70. The highest BCUT2D eigenvalue weighted by Gasteiger charge is 2.58. The van der Waals surface area contributed by atoms with Crippen molar-refractivity contribution in [3.05, 3.63) is 65.7 Å². The maximum absolute atomic E-state index is 12.9. The van der Waals surface area contributed by atoms with E-state index in [-0.39, 0.29) is 17.9 Å². The summed E-state index contributed by atoms with van der Waals surface area (Å²) in [6.07, 6.45) is 5.39. The SMILES string of the molecule is CC(=O)Oc1cccc(C23CCN(CC4CC4)CC2(O)CCC(NC(=O)c2ccccc2)C3)c1. The highest BCUT2D eigenvalue weighted by molar-refractivity contribution is 5.94. The van der Waals surface area contributed by atoms with Gasteiger partial charge in [0.2, 0.25) is 0 Å². The van der Waals surface area contributed by atoms with Crippen molar-refractivity contribution in [2.45, 2.75) is 62.5 Å². The van der Waals surface area contributed by atoms with E-state index in [1.165, 1.54) is 19.8 Å². The number of amides is 1. The number of fused-ring (bicyclic) bond motifs is 1. The van der Waals surface area contributed by atoms with Crippen LogP contribution in [0.25, 0.3) is 0 Å². The van der Waals surface area contributed by atoms with E-state index in [9.17, 15) is 14.7 Å². The lowest BCUT2D eigenvalue weighted by atomic mass is 9.55. The van der Waals surface area contributed by atoms with Crippen LogP contribution in [0, 0.1) is 5.92 Å². The van der Waals surface area contributed by atoms with E-state index in [1.807, 2.05) is 48.5 Å². The zero-order valence-corrected chi connectivity index (χ0v) is 19.8. The molecule has 3 unspecified atom stereocenters. The average Bonchev–Trinajstić information content (AvgIpc) is 3.63. The minimum absolute atomic E-state index is 0.0413. The van der Waals surface area contributed by atoms with Crippen LogP contribution in [-0.4, -0.2) is 53.2 Å². The second-order valence-corrected chi connectivity index (χ2v) is 10.4. The van der Waals surface area contributed by atoms with Crippen LogP contribution in [0.3, 0.4) is 0 Å². The van der Waals surface area contributed by atoms with Crippen LogP contribution >= 0.6 is 0 Å². The maximum atomic E-state index is 12.9. The Kier molecular flexibility index (Phi) is 6.21. The number of piperidine rings is 1. The molecule has 3 atom stereocenters. The summed E-state index contributed by atoms with van der Waals surface area (Å²) in [5.74, 6) is 0.828. The first-order chi connectivity index (χ1) is 16.4. The van der Waals surface area contributed by atoms with Crippen molar-refractivity contribution >= 4 is 11.9 Å². The van der Waals surface area contributed by atoms with Crippen molar-refractivity contribution in [1.82, 2.24) is 10.2 Å². The van der Waals surface area contributed by atoms with E-state index in [0.29, 0.717) is 30.7 Å². The van der Waals surface area contributed by atoms with E-state index < -0.39 is 11.0 Å². The lowest BCUT2D eigenvalue weighted by molar-refractivity contribution is -0.132. The molecule has 1 saturated heterocycles. The summed E-state index contributed by atoms with van der Waals surface area (Å²) in [5, 5.41) is 15.4. The molecule has 34 heavy (non-hydrogen) atoms. The van der Waals surface area contributed by atoms with E-state index in [4.69, 9.17) is 4.74 Å². The molecule has 0 bridgehead atoms. The van der Waals surface area contributed by atoms with Gasteiger partial charge in [0.25, 0.3) is 5.91 Å². The summed E-state index contributed by atoms with van der Waals surface area (Å²) in [7, 11) is 0. The fourth-order valence-electron chi connectivity index (χ4n) is 6.08. The molecule has 5 rings (SSSR count). The van der Waals surface area contributed by atoms with Crippen molar-refractivity contribution < 1.29 is 19.4 Å². The van der Waals surface area contributed by atoms with Crippen LogP contribution in [0.5, 0.6) is 5.75 Å². The van der Waals surface area contributed by atoms with Crippen molar-refractivity contribution in [2.75, 3.05) is 19.6 Å². The van der Waals surface area contributed by atoms with Gasteiger partial charge in [-0.25, -0.2) is 0 Å². The third-order valence-electron chi connectivity index (χ3n) is 7.96. The van der Waals surface area contributed by atoms with Crippen LogP contribution in [0.2, 0.25) is 0 Å². The highest BCUT2D eigenvalue weighted by atomic mass is 16.5. The third kappa shape index (κ3) is 4.62. The second kappa shape index (κ2) is 9.16. The van der Waals surface area contributed by atoms with Gasteiger partial charge >= 0.3 is 5.97 Å². The lowest BCUT2D eigenvalue weighted by Gasteiger charge is -2.58. The molecule has 3 aliphatic rings. The molecule has 180 valence electrons. The number of rotatable bonds is 6. The molecule has 2 aromatic carbocycles. The first-order valence-corrected chi connectivity index (χ1v) is 12.5. The standard InChI is InChI=1S/C28H34N2O4/c1-20(31)34-25-9-5-8-23(16-25)27-14-15-30(18-21-10-11-21)19-28(27,33)13-12-24(17-27)29-26(32)22-6-3-2-4-7-22/h2-9,16,21,24,33H,10-15,17-19H2,1H3,(H,29,32). The minimum atomic E-state index is -0.900. The number of nitrogens with zero attached hydrogens (tertiary/aromatic N) is 1. The number of hydrogen-bond donors (Lipinski definition) is 2. The van der Waals surface area contributed by atoms with Gasteiger partial charge in [-0.1, -0.05) is 30.3 Å². The monoisotopic (exact) mass is 462 g/mol. The highest BCUT2D eigenvalue weighted by Crippen LogP contribution is 2.52. The molecule has 1 amide bonds. The van der Waals surface area contributed by atoms with Crippen LogP contribution in [0.15, 0.2) is 54.6 Å². The van der Waals surface area contributed by atoms with Crippen LogP contribution < -0.4 is 10.1 Å². The Morgan fingerprint density at radius 2 is 1.88 bits per heavy atom. The predicted molar refractivity (Wildman–Crippen MR) is 130 cm³/mol. The number of hydrogen-bond acceptors (Lipinski definition) is 5. The Bertz CT molecular complexity index is 1050. The van der Waals surface area contributed by atoms with Gasteiger partial charge in [0.1, 0.15) is 5.75 Å². The Labute approximate surface area is 201 Å². The summed E-state index contributed by atoms with van der Waals surface area (Å²) < 4.78 is 5.39. The molecule has 6 heteroatoms. The summed E-state index contributed by atoms with van der Waals surface area (Å²) in [5.41, 5.74) is 0.214. The van der Waals surface area contributed by atoms with Crippen molar-refractivity contribution in [3.8, 4) is 5.75 Å². The lowest BCUT2D eigenvalue weighted by Crippen LogP contribution is -2.67. The molecule has 2 saturated carbocycles. The number of ether oxygens (including phenoxy) is 1. The largest absolute Gasteiger partial charge is 0.427 e.